The topological polar surface area (TPSA) is 46.5 Å². The van der Waals surface area contributed by atoms with Crippen LogP contribution in [0.25, 0.3) is 0 Å². The first-order valence-electron chi connectivity index (χ1n) is 3.86. The Kier molecular flexibility index (Phi) is 3.62. The highest BCUT2D eigenvalue weighted by atomic mass is 79.9. The van der Waals surface area contributed by atoms with Gasteiger partial charge in [-0.05, 0) is 28.1 Å². The van der Waals surface area contributed by atoms with Crippen molar-refractivity contribution in [1.29, 1.82) is 0 Å². The number of rotatable bonds is 3. The van der Waals surface area contributed by atoms with Crippen LogP contribution in [-0.2, 0) is 0 Å². The summed E-state index contributed by atoms with van der Waals surface area (Å²) in [6.45, 7) is 0. The maximum absolute atomic E-state index is 12.1. The lowest BCUT2D eigenvalue weighted by Gasteiger charge is -2.08. The Labute approximate surface area is 92.8 Å². The zero-order valence-electron chi connectivity index (χ0n) is 7.63. The van der Waals surface area contributed by atoms with Gasteiger partial charge in [0.05, 0.1) is 11.6 Å². The fraction of sp³-hybridized carbons (Fsp3) is 0.222. The lowest BCUT2D eigenvalue weighted by molar-refractivity contribution is 0.0677. The van der Waals surface area contributed by atoms with Crippen molar-refractivity contribution in [2.75, 3.05) is 7.11 Å². The predicted molar refractivity (Wildman–Crippen MR) is 52.7 cm³/mol. The van der Waals surface area contributed by atoms with Crippen LogP contribution in [0.4, 0.5) is 8.78 Å². The van der Waals surface area contributed by atoms with E-state index in [9.17, 15) is 18.7 Å². The zero-order chi connectivity index (χ0) is 11.6. The maximum Gasteiger partial charge on any atom is 0.300 e. The van der Waals surface area contributed by atoms with E-state index in [0.717, 1.165) is 6.07 Å². The van der Waals surface area contributed by atoms with Crippen molar-refractivity contribution in [3.8, 4) is 11.5 Å². The van der Waals surface area contributed by atoms with Crippen LogP contribution in [0.1, 0.15) is 10.4 Å². The highest BCUT2D eigenvalue weighted by molar-refractivity contribution is 9.10. The molecule has 1 N–H and O–H groups in total. The van der Waals surface area contributed by atoms with E-state index in [1.807, 2.05) is 0 Å². The number of phenolic OH excluding ortho intramolecular Hbond substituents is 1. The molecule has 0 spiro atoms. The molecule has 0 unspecified atom stereocenters. The molecule has 0 aromatic heterocycles. The summed E-state index contributed by atoms with van der Waals surface area (Å²) in [5.74, 6) is -1.61. The summed E-state index contributed by atoms with van der Waals surface area (Å²) in [5.41, 5.74) is -0.275. The van der Waals surface area contributed by atoms with E-state index >= 15 is 0 Å². The summed E-state index contributed by atoms with van der Waals surface area (Å²) in [4.78, 5) is 11.0. The van der Waals surface area contributed by atoms with Gasteiger partial charge in [0.15, 0.2) is 11.5 Å². The maximum atomic E-state index is 12.1. The number of hydrogen-bond acceptors (Lipinski definition) is 3. The SMILES string of the molecule is COc1ccc(C(=O)C(F)F)c(Br)c1O. The predicted octanol–water partition coefficient (Wildman–Crippen LogP) is 2.61. The Bertz CT molecular complexity index is 393. The van der Waals surface area contributed by atoms with Crippen LogP contribution >= 0.6 is 15.9 Å². The molecular formula is C9H7BrF2O3. The number of ether oxygens (including phenoxy) is 1. The van der Waals surface area contributed by atoms with Crippen LogP contribution in [0.2, 0.25) is 0 Å². The molecule has 0 bridgehead atoms. The van der Waals surface area contributed by atoms with Crippen LogP contribution in [0.5, 0.6) is 11.5 Å². The van der Waals surface area contributed by atoms with Gasteiger partial charge in [0, 0.05) is 5.56 Å². The Morgan fingerprint density at radius 1 is 1.53 bits per heavy atom. The molecule has 1 aromatic carbocycles. The van der Waals surface area contributed by atoms with Crippen molar-refractivity contribution in [1.82, 2.24) is 0 Å². The van der Waals surface area contributed by atoms with Crippen molar-refractivity contribution >= 4 is 21.7 Å². The van der Waals surface area contributed by atoms with Gasteiger partial charge in [-0.1, -0.05) is 0 Å². The first-order valence-corrected chi connectivity index (χ1v) is 4.66. The first kappa shape index (κ1) is 11.9. The minimum Gasteiger partial charge on any atom is -0.503 e. The number of methoxy groups -OCH3 is 1. The highest BCUT2D eigenvalue weighted by Gasteiger charge is 2.23. The molecule has 0 heterocycles. The standard InChI is InChI=1S/C9H7BrF2O3/c1-15-5-3-2-4(6(10)8(5)14)7(13)9(11)12/h2-3,9,14H,1H3. The second-order valence-electron chi connectivity index (χ2n) is 2.64. The first-order chi connectivity index (χ1) is 6.99. The molecule has 0 radical (unpaired) electrons. The third-order valence-electron chi connectivity index (χ3n) is 1.76. The smallest absolute Gasteiger partial charge is 0.300 e. The van der Waals surface area contributed by atoms with Gasteiger partial charge in [0.1, 0.15) is 0 Å². The summed E-state index contributed by atoms with van der Waals surface area (Å²) in [7, 11) is 1.32. The Hall–Kier alpha value is -1.17. The molecule has 0 aliphatic heterocycles. The zero-order valence-corrected chi connectivity index (χ0v) is 9.22. The summed E-state index contributed by atoms with van der Waals surface area (Å²) in [5, 5.41) is 9.44. The van der Waals surface area contributed by atoms with Gasteiger partial charge in [-0.2, -0.15) is 0 Å². The van der Waals surface area contributed by atoms with Crippen LogP contribution < -0.4 is 4.74 Å². The molecule has 3 nitrogen and oxygen atoms in total. The minimum atomic E-state index is -3.10. The number of carbonyl (C=O) groups excluding carboxylic acids is 1. The van der Waals surface area contributed by atoms with Gasteiger partial charge in [0.2, 0.25) is 5.78 Å². The number of carbonyl (C=O) groups is 1. The van der Waals surface area contributed by atoms with Crippen molar-refractivity contribution in [3.05, 3.63) is 22.2 Å². The Morgan fingerprint density at radius 3 is 2.60 bits per heavy atom. The second-order valence-corrected chi connectivity index (χ2v) is 3.44. The third-order valence-corrected chi connectivity index (χ3v) is 2.57. The Balaban J connectivity index is 3.23. The molecule has 1 rings (SSSR count). The third kappa shape index (κ3) is 2.26. The van der Waals surface area contributed by atoms with Gasteiger partial charge in [-0.3, -0.25) is 4.79 Å². The van der Waals surface area contributed by atoms with Gasteiger partial charge in [0.25, 0.3) is 0 Å². The van der Waals surface area contributed by atoms with E-state index in [0.29, 0.717) is 0 Å². The summed E-state index contributed by atoms with van der Waals surface area (Å²) >= 11 is 2.86. The Morgan fingerprint density at radius 2 is 2.13 bits per heavy atom. The van der Waals surface area contributed by atoms with Gasteiger partial charge < -0.3 is 9.84 Å². The van der Waals surface area contributed by atoms with E-state index in [1.165, 1.54) is 13.2 Å². The number of aromatic hydroxyl groups is 1. The fourth-order valence-corrected chi connectivity index (χ4v) is 1.54. The largest absolute Gasteiger partial charge is 0.503 e. The number of phenols is 1. The summed E-state index contributed by atoms with van der Waals surface area (Å²) in [6, 6.07) is 2.41. The lowest BCUT2D eigenvalue weighted by atomic mass is 10.1. The molecule has 0 aliphatic carbocycles. The molecule has 0 aliphatic rings. The number of Topliss-reactive ketones (excluding diaryl/α,β-unsaturated/α-hetero) is 1. The molecule has 0 saturated carbocycles. The molecule has 0 saturated heterocycles. The van der Waals surface area contributed by atoms with Crippen molar-refractivity contribution < 1.29 is 23.4 Å². The van der Waals surface area contributed by atoms with Gasteiger partial charge >= 0.3 is 6.43 Å². The average Bonchev–Trinajstić information content (AvgIpc) is 2.21. The average molecular weight is 281 g/mol. The van der Waals surface area contributed by atoms with E-state index in [2.05, 4.69) is 15.9 Å². The van der Waals surface area contributed by atoms with Gasteiger partial charge in [-0.25, -0.2) is 8.78 Å². The minimum absolute atomic E-state index is 0.0906. The van der Waals surface area contributed by atoms with Crippen molar-refractivity contribution in [2.45, 2.75) is 6.43 Å². The molecule has 6 heteroatoms. The number of benzene rings is 1. The van der Waals surface area contributed by atoms with Crippen LogP contribution in [-0.4, -0.2) is 24.4 Å². The van der Waals surface area contributed by atoms with Gasteiger partial charge in [-0.15, -0.1) is 0 Å². The van der Waals surface area contributed by atoms with Crippen molar-refractivity contribution in [2.24, 2.45) is 0 Å². The molecular weight excluding hydrogens is 274 g/mol. The molecule has 0 atom stereocenters. The molecule has 0 fully saturated rings. The second kappa shape index (κ2) is 4.57. The van der Waals surface area contributed by atoms with E-state index in [-0.39, 0.29) is 21.5 Å². The molecule has 1 aromatic rings. The van der Waals surface area contributed by atoms with Crippen LogP contribution in [0, 0.1) is 0 Å². The number of ketones is 1. The van der Waals surface area contributed by atoms with Crippen molar-refractivity contribution in [3.63, 3.8) is 0 Å². The summed E-state index contributed by atoms with van der Waals surface area (Å²) < 4.78 is 28.9. The van der Waals surface area contributed by atoms with E-state index in [1.54, 1.807) is 0 Å². The lowest BCUT2D eigenvalue weighted by Crippen LogP contribution is -2.10. The van der Waals surface area contributed by atoms with E-state index in [4.69, 9.17) is 4.74 Å². The molecule has 15 heavy (non-hydrogen) atoms. The number of halogens is 3. The molecule has 0 amide bonds. The van der Waals surface area contributed by atoms with Crippen LogP contribution in [0.3, 0.4) is 0 Å². The molecule has 82 valence electrons. The highest BCUT2D eigenvalue weighted by Crippen LogP contribution is 2.37. The monoisotopic (exact) mass is 280 g/mol. The number of hydrogen-bond donors (Lipinski definition) is 1. The normalized spacial score (nSPS) is 10.5. The quantitative estimate of drug-likeness (QED) is 0.866. The van der Waals surface area contributed by atoms with E-state index < -0.39 is 12.2 Å². The van der Waals surface area contributed by atoms with Crippen LogP contribution in [0.15, 0.2) is 16.6 Å². The fourth-order valence-electron chi connectivity index (χ4n) is 1.02. The summed E-state index contributed by atoms with van der Waals surface area (Å²) in [6.07, 6.45) is -3.10. The number of alkyl halides is 2.